The van der Waals surface area contributed by atoms with E-state index in [0.717, 1.165) is 20.8 Å². The van der Waals surface area contributed by atoms with E-state index in [0.29, 0.717) is 0 Å². The normalized spacial score (nSPS) is 6.88. The Kier molecular flexibility index (Phi) is 36.2. The topological polar surface area (TPSA) is 112 Å². The third-order valence-electron chi connectivity index (χ3n) is 0.558. The van der Waals surface area contributed by atoms with Crippen LogP contribution in [0.4, 0.5) is 0 Å². The van der Waals surface area contributed by atoms with Crippen LogP contribution in [0, 0.1) is 0 Å². The molecular formula is C10H22O6Sn. The van der Waals surface area contributed by atoms with Crippen LogP contribution in [0.1, 0.15) is 40.5 Å². The third kappa shape index (κ3) is 1820. The van der Waals surface area contributed by atoms with Gasteiger partial charge in [-0.15, -0.1) is 0 Å². The van der Waals surface area contributed by atoms with Crippen LogP contribution < -0.4 is 0 Å². The summed E-state index contributed by atoms with van der Waals surface area (Å²) in [7, 11) is 0. The number of carboxylic acid groups (broad SMARTS) is 3. The molecule has 6 nitrogen and oxygen atoms in total. The van der Waals surface area contributed by atoms with E-state index in [9.17, 15) is 0 Å². The molecule has 0 aliphatic heterocycles. The number of carbonyl (C=O) groups is 3. The zero-order chi connectivity index (χ0) is 14.9. The Morgan fingerprint density at radius 1 is 0.882 bits per heavy atom. The molecule has 0 saturated carbocycles. The first-order valence-electron chi connectivity index (χ1n) is 4.90. The molecule has 2 radical (unpaired) electrons. The maximum atomic E-state index is 9.00. The molecule has 0 saturated heterocycles. The molecule has 0 heterocycles. The first-order chi connectivity index (χ1) is 7.61. The molecule has 0 aliphatic carbocycles. The predicted molar refractivity (Wildman–Crippen MR) is 66.8 cm³/mol. The first kappa shape index (κ1) is 25.2. The van der Waals surface area contributed by atoms with Gasteiger partial charge in [0.1, 0.15) is 0 Å². The van der Waals surface area contributed by atoms with E-state index >= 15 is 0 Å². The number of carboxylic acids is 3. The average molecular weight is 357 g/mol. The second-order valence-electron chi connectivity index (χ2n) is 2.70. The zero-order valence-electron chi connectivity index (χ0n) is 10.8. The van der Waals surface area contributed by atoms with Crippen molar-refractivity contribution in [2.24, 2.45) is 0 Å². The first-order valence-corrected chi connectivity index (χ1v) is 7.23. The number of unbranched alkanes of at least 4 members (excludes halogenated alkanes) is 1. The Bertz CT molecular complexity index is 151. The van der Waals surface area contributed by atoms with Crippen LogP contribution in [0.15, 0.2) is 0 Å². The van der Waals surface area contributed by atoms with Gasteiger partial charge in [0.25, 0.3) is 17.9 Å². The van der Waals surface area contributed by atoms with Crippen molar-refractivity contribution in [3.8, 4) is 0 Å². The fraction of sp³-hybridized carbons (Fsp3) is 0.700. The van der Waals surface area contributed by atoms with Crippen LogP contribution in [0.25, 0.3) is 0 Å². The number of hydrogen-bond donors (Lipinski definition) is 3. The van der Waals surface area contributed by atoms with Crippen LogP contribution in [0.2, 0.25) is 4.44 Å². The summed E-state index contributed by atoms with van der Waals surface area (Å²) in [5.74, 6) is -2.50. The SMILES string of the molecule is CC(=O)O.CC(=O)O.CC(=O)O.CCC[CH2][SnH]. The fourth-order valence-corrected chi connectivity index (χ4v) is 1.37. The summed E-state index contributed by atoms with van der Waals surface area (Å²) in [4.78, 5) is 27.0. The van der Waals surface area contributed by atoms with Crippen molar-refractivity contribution < 1.29 is 29.7 Å². The molecule has 0 spiro atoms. The van der Waals surface area contributed by atoms with Gasteiger partial charge in [-0.3, -0.25) is 14.4 Å². The van der Waals surface area contributed by atoms with Crippen LogP contribution >= 0.6 is 0 Å². The summed E-state index contributed by atoms with van der Waals surface area (Å²) >= 11 is 1.45. The predicted octanol–water partition coefficient (Wildman–Crippen LogP) is 1.38. The molecule has 0 aromatic rings. The van der Waals surface area contributed by atoms with Gasteiger partial charge < -0.3 is 15.3 Å². The van der Waals surface area contributed by atoms with Gasteiger partial charge in [-0.05, 0) is 0 Å². The van der Waals surface area contributed by atoms with Crippen molar-refractivity contribution in [1.29, 1.82) is 0 Å². The van der Waals surface area contributed by atoms with E-state index in [-0.39, 0.29) is 0 Å². The van der Waals surface area contributed by atoms with Crippen molar-refractivity contribution in [2.75, 3.05) is 0 Å². The Labute approximate surface area is 115 Å². The summed E-state index contributed by atoms with van der Waals surface area (Å²) in [5, 5.41) is 22.2. The summed E-state index contributed by atoms with van der Waals surface area (Å²) in [5.41, 5.74) is 0. The second kappa shape index (κ2) is 24.4. The number of hydrogen-bond acceptors (Lipinski definition) is 3. The van der Waals surface area contributed by atoms with E-state index in [2.05, 4.69) is 6.92 Å². The molecule has 7 heteroatoms. The van der Waals surface area contributed by atoms with Crippen LogP contribution in [0.5, 0.6) is 0 Å². The second-order valence-corrected chi connectivity index (χ2v) is 4.35. The third-order valence-corrected chi connectivity index (χ3v) is 1.72. The van der Waals surface area contributed by atoms with Crippen LogP contribution in [-0.4, -0.2) is 55.8 Å². The molecule has 3 N–H and O–H groups in total. The van der Waals surface area contributed by atoms with E-state index in [4.69, 9.17) is 29.7 Å². The van der Waals surface area contributed by atoms with Gasteiger partial charge in [-0.25, -0.2) is 0 Å². The summed E-state index contributed by atoms with van der Waals surface area (Å²) in [6, 6.07) is 0. The number of rotatable bonds is 2. The van der Waals surface area contributed by atoms with Gasteiger partial charge in [-0.2, -0.15) is 0 Å². The Balaban J connectivity index is -0.0000000667. The quantitative estimate of drug-likeness (QED) is 0.644. The zero-order valence-corrected chi connectivity index (χ0v) is 14.1. The van der Waals surface area contributed by atoms with Crippen molar-refractivity contribution in [2.45, 2.75) is 45.0 Å². The standard InChI is InChI=1S/C4H9.3C2H4O2.Sn.H/c1-3-4-2;3*1-2(3)4;;/h1,3-4H2,2H3;3*1H3,(H,3,4);;. The fourth-order valence-electron chi connectivity index (χ4n) is 0.204. The van der Waals surface area contributed by atoms with E-state index in [1.807, 2.05) is 0 Å². The summed E-state index contributed by atoms with van der Waals surface area (Å²) in [6.45, 7) is 5.48. The Morgan fingerprint density at radius 2 is 1.06 bits per heavy atom. The Hall–Kier alpha value is -0.791. The molecular weight excluding hydrogens is 335 g/mol. The molecule has 0 aromatic carbocycles. The minimum atomic E-state index is -0.833. The van der Waals surface area contributed by atoms with Gasteiger partial charge in [0.15, 0.2) is 0 Å². The molecule has 0 aliphatic rings. The van der Waals surface area contributed by atoms with Gasteiger partial charge in [0.2, 0.25) is 0 Å². The molecule has 0 aromatic heterocycles. The van der Waals surface area contributed by atoms with Crippen molar-refractivity contribution in [3.63, 3.8) is 0 Å². The van der Waals surface area contributed by atoms with Crippen LogP contribution in [0.3, 0.4) is 0 Å². The monoisotopic (exact) mass is 358 g/mol. The molecule has 0 fully saturated rings. The van der Waals surface area contributed by atoms with Gasteiger partial charge in [-0.1, -0.05) is 0 Å². The van der Waals surface area contributed by atoms with Crippen molar-refractivity contribution in [1.82, 2.24) is 0 Å². The maximum absolute atomic E-state index is 9.00. The van der Waals surface area contributed by atoms with Crippen LogP contribution in [-0.2, 0) is 14.4 Å². The minimum absolute atomic E-state index is 0.833. The van der Waals surface area contributed by atoms with E-state index in [1.54, 1.807) is 0 Å². The summed E-state index contributed by atoms with van der Waals surface area (Å²) in [6.07, 6.45) is 2.82. The summed E-state index contributed by atoms with van der Waals surface area (Å²) < 4.78 is 1.47. The number of aliphatic carboxylic acids is 3. The molecule has 0 unspecified atom stereocenters. The van der Waals surface area contributed by atoms with Crippen molar-refractivity contribution >= 4 is 40.4 Å². The van der Waals surface area contributed by atoms with E-state index in [1.165, 1.54) is 39.8 Å². The van der Waals surface area contributed by atoms with Crippen molar-refractivity contribution in [3.05, 3.63) is 0 Å². The average Bonchev–Trinajstić information content (AvgIpc) is 2.01. The molecule has 17 heavy (non-hydrogen) atoms. The van der Waals surface area contributed by atoms with E-state index < -0.39 is 17.9 Å². The molecule has 0 amide bonds. The molecule has 0 bridgehead atoms. The Morgan fingerprint density at radius 3 is 1.06 bits per heavy atom. The van der Waals surface area contributed by atoms with Gasteiger partial charge >= 0.3 is 46.7 Å². The van der Waals surface area contributed by atoms with Gasteiger partial charge in [0, 0.05) is 20.8 Å². The van der Waals surface area contributed by atoms with Gasteiger partial charge in [0.05, 0.1) is 0 Å². The molecule has 0 atom stereocenters. The molecule has 102 valence electrons. The molecule has 0 rings (SSSR count).